The van der Waals surface area contributed by atoms with Crippen molar-refractivity contribution in [1.29, 1.82) is 0 Å². The molecule has 0 aliphatic carbocycles. The van der Waals surface area contributed by atoms with Gasteiger partial charge >= 0.3 is 0 Å². The maximum atomic E-state index is 13.2. The third-order valence-corrected chi connectivity index (χ3v) is 2.67. The van der Waals surface area contributed by atoms with Crippen LogP contribution in [0.4, 0.5) is 4.39 Å². The number of rotatable bonds is 2. The molecule has 14 heavy (non-hydrogen) atoms. The predicted molar refractivity (Wildman–Crippen MR) is 53.1 cm³/mol. The van der Waals surface area contributed by atoms with Gasteiger partial charge in [0.2, 0.25) is 0 Å². The van der Waals surface area contributed by atoms with Gasteiger partial charge in [-0.3, -0.25) is 0 Å². The van der Waals surface area contributed by atoms with Crippen LogP contribution in [-0.4, -0.2) is 24.4 Å². The molecule has 0 radical (unpaired) electrons. The summed E-state index contributed by atoms with van der Waals surface area (Å²) in [7, 11) is 0. The molecule has 1 heterocycles. The summed E-state index contributed by atoms with van der Waals surface area (Å²) in [5.74, 6) is 0.306. The van der Waals surface area contributed by atoms with E-state index in [9.17, 15) is 9.50 Å². The summed E-state index contributed by atoms with van der Waals surface area (Å²) < 4.78 is 13.2. The lowest BCUT2D eigenvalue weighted by Gasteiger charge is -2.11. The second kappa shape index (κ2) is 3.96. The molecule has 1 aromatic carbocycles. The monoisotopic (exact) mass is 195 g/mol. The van der Waals surface area contributed by atoms with Crippen molar-refractivity contribution in [3.8, 4) is 5.75 Å². The largest absolute Gasteiger partial charge is 0.508 e. The Kier molecular flexibility index (Phi) is 2.68. The lowest BCUT2D eigenvalue weighted by atomic mass is 9.97. The molecule has 0 bridgehead atoms. The summed E-state index contributed by atoms with van der Waals surface area (Å²) in [6.45, 7) is 1.19. The van der Waals surface area contributed by atoms with E-state index in [4.69, 9.17) is 0 Å². The Morgan fingerprint density at radius 2 is 2.29 bits per heavy atom. The van der Waals surface area contributed by atoms with E-state index in [1.807, 2.05) is 6.07 Å². The average molecular weight is 195 g/mol. The molecule has 2 unspecified atom stereocenters. The summed E-state index contributed by atoms with van der Waals surface area (Å²) in [5, 5.41) is 12.3. The van der Waals surface area contributed by atoms with Gasteiger partial charge in [-0.1, -0.05) is 12.1 Å². The van der Waals surface area contributed by atoms with Crippen molar-refractivity contribution >= 4 is 0 Å². The van der Waals surface area contributed by atoms with Crippen LogP contribution in [0.2, 0.25) is 0 Å². The first kappa shape index (κ1) is 9.46. The Hall–Kier alpha value is -1.09. The van der Waals surface area contributed by atoms with E-state index in [0.717, 1.165) is 12.1 Å². The zero-order valence-corrected chi connectivity index (χ0v) is 7.91. The highest BCUT2D eigenvalue weighted by molar-refractivity contribution is 5.27. The molecule has 76 valence electrons. The third kappa shape index (κ3) is 2.04. The van der Waals surface area contributed by atoms with Crippen LogP contribution in [0.15, 0.2) is 24.3 Å². The van der Waals surface area contributed by atoms with Gasteiger partial charge < -0.3 is 10.4 Å². The van der Waals surface area contributed by atoms with Gasteiger partial charge in [-0.15, -0.1) is 0 Å². The molecule has 0 amide bonds. The van der Waals surface area contributed by atoms with Gasteiger partial charge in [0, 0.05) is 19.0 Å². The molecule has 0 spiro atoms. The van der Waals surface area contributed by atoms with Crippen LogP contribution < -0.4 is 5.32 Å². The van der Waals surface area contributed by atoms with Gasteiger partial charge in [0.25, 0.3) is 0 Å². The number of alkyl halides is 1. The molecule has 1 aliphatic rings. The van der Waals surface area contributed by atoms with Crippen LogP contribution in [0, 0.1) is 5.92 Å². The zero-order chi connectivity index (χ0) is 9.97. The van der Waals surface area contributed by atoms with Crippen LogP contribution >= 0.6 is 0 Å². The SMILES string of the molecule is Oc1cccc(CC2CNCC2F)c1. The minimum absolute atomic E-state index is 0.0526. The first-order chi connectivity index (χ1) is 6.75. The van der Waals surface area contributed by atoms with E-state index in [1.54, 1.807) is 18.2 Å². The number of phenols is 1. The Balaban J connectivity index is 2.03. The quantitative estimate of drug-likeness (QED) is 0.749. The number of halogens is 1. The lowest BCUT2D eigenvalue weighted by molar-refractivity contribution is 0.282. The summed E-state index contributed by atoms with van der Waals surface area (Å²) >= 11 is 0. The van der Waals surface area contributed by atoms with Crippen LogP contribution in [-0.2, 0) is 6.42 Å². The highest BCUT2D eigenvalue weighted by atomic mass is 19.1. The fourth-order valence-electron chi connectivity index (χ4n) is 1.89. The molecule has 1 saturated heterocycles. The molecule has 2 rings (SSSR count). The number of nitrogens with one attached hydrogen (secondary N) is 1. The molecular formula is C11H14FNO. The van der Waals surface area contributed by atoms with E-state index in [1.165, 1.54) is 0 Å². The third-order valence-electron chi connectivity index (χ3n) is 2.67. The molecule has 0 saturated carbocycles. The van der Waals surface area contributed by atoms with Crippen LogP contribution in [0.1, 0.15) is 5.56 Å². The van der Waals surface area contributed by atoms with E-state index < -0.39 is 6.17 Å². The minimum Gasteiger partial charge on any atom is -0.508 e. The summed E-state index contributed by atoms with van der Waals surface area (Å²) in [6.07, 6.45) is -0.0555. The van der Waals surface area contributed by atoms with Crippen LogP contribution in [0.25, 0.3) is 0 Å². The second-order valence-corrected chi connectivity index (χ2v) is 3.81. The second-order valence-electron chi connectivity index (χ2n) is 3.81. The number of aromatic hydroxyl groups is 1. The molecule has 1 aromatic rings. The van der Waals surface area contributed by atoms with E-state index in [0.29, 0.717) is 13.0 Å². The van der Waals surface area contributed by atoms with Crippen molar-refractivity contribution in [2.24, 2.45) is 5.92 Å². The summed E-state index contributed by atoms with van der Waals surface area (Å²) in [4.78, 5) is 0. The molecule has 2 N–H and O–H groups in total. The van der Waals surface area contributed by atoms with Crippen molar-refractivity contribution in [2.75, 3.05) is 13.1 Å². The van der Waals surface area contributed by atoms with Gasteiger partial charge in [0.05, 0.1) is 0 Å². The highest BCUT2D eigenvalue weighted by Crippen LogP contribution is 2.20. The van der Waals surface area contributed by atoms with Gasteiger partial charge in [0.15, 0.2) is 0 Å². The molecule has 1 aliphatic heterocycles. The van der Waals surface area contributed by atoms with Crippen molar-refractivity contribution in [3.05, 3.63) is 29.8 Å². The van der Waals surface area contributed by atoms with Crippen LogP contribution in [0.5, 0.6) is 5.75 Å². The van der Waals surface area contributed by atoms with Gasteiger partial charge in [-0.05, 0) is 24.1 Å². The Morgan fingerprint density at radius 1 is 1.43 bits per heavy atom. The average Bonchev–Trinajstić information content (AvgIpc) is 2.52. The zero-order valence-electron chi connectivity index (χ0n) is 7.91. The summed E-state index contributed by atoms with van der Waals surface area (Å²) in [6, 6.07) is 7.04. The standard InChI is InChI=1S/C11H14FNO/c12-11-7-13-6-9(11)4-8-2-1-3-10(14)5-8/h1-3,5,9,11,13-14H,4,6-7H2. The molecule has 1 fully saturated rings. The molecule has 2 nitrogen and oxygen atoms in total. The molecule has 2 atom stereocenters. The highest BCUT2D eigenvalue weighted by Gasteiger charge is 2.26. The molecular weight excluding hydrogens is 181 g/mol. The van der Waals surface area contributed by atoms with E-state index >= 15 is 0 Å². The smallest absolute Gasteiger partial charge is 0.117 e. The fourth-order valence-corrected chi connectivity index (χ4v) is 1.89. The topological polar surface area (TPSA) is 32.3 Å². The van der Waals surface area contributed by atoms with Gasteiger partial charge in [0.1, 0.15) is 11.9 Å². The first-order valence-corrected chi connectivity index (χ1v) is 4.88. The first-order valence-electron chi connectivity index (χ1n) is 4.88. The van der Waals surface area contributed by atoms with Crippen LogP contribution in [0.3, 0.4) is 0 Å². The fraction of sp³-hybridized carbons (Fsp3) is 0.455. The van der Waals surface area contributed by atoms with Crippen molar-refractivity contribution in [3.63, 3.8) is 0 Å². The maximum Gasteiger partial charge on any atom is 0.117 e. The Labute approximate surface area is 82.8 Å². The molecule has 3 heteroatoms. The van der Waals surface area contributed by atoms with Crippen molar-refractivity contribution < 1.29 is 9.50 Å². The lowest BCUT2D eigenvalue weighted by Crippen LogP contribution is -2.15. The van der Waals surface area contributed by atoms with Gasteiger partial charge in [-0.2, -0.15) is 0 Å². The van der Waals surface area contributed by atoms with Gasteiger partial charge in [-0.25, -0.2) is 4.39 Å². The van der Waals surface area contributed by atoms with E-state index in [2.05, 4.69) is 5.32 Å². The predicted octanol–water partition coefficient (Wildman–Crippen LogP) is 1.49. The van der Waals surface area contributed by atoms with Crippen molar-refractivity contribution in [2.45, 2.75) is 12.6 Å². The Morgan fingerprint density at radius 3 is 2.93 bits per heavy atom. The number of hydrogen-bond donors (Lipinski definition) is 2. The van der Waals surface area contributed by atoms with E-state index in [-0.39, 0.29) is 11.7 Å². The van der Waals surface area contributed by atoms with Crippen molar-refractivity contribution in [1.82, 2.24) is 5.32 Å². The summed E-state index contributed by atoms with van der Waals surface area (Å²) in [5.41, 5.74) is 1.00. The number of hydrogen-bond acceptors (Lipinski definition) is 2. The normalized spacial score (nSPS) is 26.6. The maximum absolute atomic E-state index is 13.2. The number of phenolic OH excluding ortho intramolecular Hbond substituents is 1. The molecule has 0 aromatic heterocycles. The number of benzene rings is 1. The Bertz CT molecular complexity index is 316. The minimum atomic E-state index is -0.752.